The molecule has 1 aliphatic carbocycles. The molecule has 0 saturated heterocycles. The topological polar surface area (TPSA) is 59.6 Å². The van der Waals surface area contributed by atoms with Crippen LogP contribution in [0.15, 0.2) is 29.3 Å². The minimum atomic E-state index is 0. The average molecular weight is 403 g/mol. The lowest BCUT2D eigenvalue weighted by molar-refractivity contribution is 0.326. The van der Waals surface area contributed by atoms with E-state index in [2.05, 4.69) is 22.4 Å². The molecule has 1 aromatic rings. The number of methoxy groups -OCH3 is 1. The Hall–Kier alpha value is -0.980. The maximum Gasteiger partial charge on any atom is 0.188 e. The summed E-state index contributed by atoms with van der Waals surface area (Å²) in [5, 5.41) is 3.18. The molecule has 0 amide bonds. The van der Waals surface area contributed by atoms with Crippen molar-refractivity contribution in [2.45, 2.75) is 32.1 Å². The first-order valence-electron chi connectivity index (χ1n) is 7.44. The molecule has 2 rings (SSSR count). The number of rotatable bonds is 7. The third-order valence-electron chi connectivity index (χ3n) is 3.83. The van der Waals surface area contributed by atoms with Gasteiger partial charge in [-0.25, -0.2) is 0 Å². The van der Waals surface area contributed by atoms with E-state index < -0.39 is 0 Å². The molecule has 21 heavy (non-hydrogen) atoms. The molecule has 0 bridgehead atoms. The van der Waals surface area contributed by atoms with E-state index in [1.54, 1.807) is 7.11 Å². The number of nitrogens with zero attached hydrogens (tertiary/aromatic N) is 1. The number of ether oxygens (including phenoxy) is 1. The van der Waals surface area contributed by atoms with Crippen LogP contribution in [0, 0.1) is 5.92 Å². The Balaban J connectivity index is 0.00000220. The van der Waals surface area contributed by atoms with Gasteiger partial charge in [0.2, 0.25) is 0 Å². The van der Waals surface area contributed by atoms with E-state index in [-0.39, 0.29) is 24.0 Å². The Kier molecular flexibility index (Phi) is 8.49. The van der Waals surface area contributed by atoms with Crippen LogP contribution in [0.25, 0.3) is 0 Å². The van der Waals surface area contributed by atoms with Gasteiger partial charge in [0.05, 0.1) is 7.11 Å². The molecule has 0 unspecified atom stereocenters. The first kappa shape index (κ1) is 18.1. The van der Waals surface area contributed by atoms with Gasteiger partial charge in [0.25, 0.3) is 0 Å². The lowest BCUT2D eigenvalue weighted by atomic mass is 9.86. The van der Waals surface area contributed by atoms with Crippen LogP contribution in [0.4, 0.5) is 0 Å². The van der Waals surface area contributed by atoms with Crippen LogP contribution in [0.1, 0.15) is 31.2 Å². The fourth-order valence-corrected chi connectivity index (χ4v) is 2.30. The highest BCUT2D eigenvalue weighted by Crippen LogP contribution is 2.26. The van der Waals surface area contributed by atoms with E-state index >= 15 is 0 Å². The molecular formula is C16H26IN3O. The Labute approximate surface area is 144 Å². The predicted octanol–water partition coefficient (Wildman–Crippen LogP) is 2.95. The van der Waals surface area contributed by atoms with Gasteiger partial charge in [-0.15, -0.1) is 24.0 Å². The van der Waals surface area contributed by atoms with Gasteiger partial charge < -0.3 is 15.8 Å². The Morgan fingerprint density at radius 1 is 1.43 bits per heavy atom. The molecule has 0 radical (unpaired) electrons. The van der Waals surface area contributed by atoms with Crippen LogP contribution >= 0.6 is 24.0 Å². The average Bonchev–Trinajstić information content (AvgIpc) is 2.42. The maximum absolute atomic E-state index is 5.84. The van der Waals surface area contributed by atoms with Crippen LogP contribution in [0.3, 0.4) is 0 Å². The summed E-state index contributed by atoms with van der Waals surface area (Å²) in [5.41, 5.74) is 7.13. The zero-order valence-electron chi connectivity index (χ0n) is 12.7. The SMILES string of the molecule is COc1cccc(CCCNC(N)=NCC2CCC2)c1.I. The minimum Gasteiger partial charge on any atom is -0.497 e. The monoisotopic (exact) mass is 403 g/mol. The van der Waals surface area contributed by atoms with Crippen LogP contribution in [0.2, 0.25) is 0 Å². The number of benzene rings is 1. The zero-order valence-corrected chi connectivity index (χ0v) is 15.0. The van der Waals surface area contributed by atoms with Crippen molar-refractivity contribution in [1.82, 2.24) is 5.32 Å². The summed E-state index contributed by atoms with van der Waals surface area (Å²) in [4.78, 5) is 4.38. The van der Waals surface area contributed by atoms with Gasteiger partial charge in [0.1, 0.15) is 5.75 Å². The van der Waals surface area contributed by atoms with Gasteiger partial charge in [0.15, 0.2) is 5.96 Å². The van der Waals surface area contributed by atoms with Gasteiger partial charge in [-0.3, -0.25) is 4.99 Å². The van der Waals surface area contributed by atoms with Gasteiger partial charge in [-0.05, 0) is 49.3 Å². The predicted molar refractivity (Wildman–Crippen MR) is 98.6 cm³/mol. The molecule has 4 nitrogen and oxygen atoms in total. The van der Waals surface area contributed by atoms with E-state index in [9.17, 15) is 0 Å². The molecule has 0 aromatic heterocycles. The second kappa shape index (κ2) is 9.87. The molecular weight excluding hydrogens is 377 g/mol. The molecule has 5 heteroatoms. The Bertz CT molecular complexity index is 447. The Morgan fingerprint density at radius 3 is 2.90 bits per heavy atom. The van der Waals surface area contributed by atoms with Gasteiger partial charge in [-0.1, -0.05) is 18.6 Å². The number of nitrogens with one attached hydrogen (secondary N) is 1. The van der Waals surface area contributed by atoms with Gasteiger partial charge in [-0.2, -0.15) is 0 Å². The standard InChI is InChI=1S/C16H25N3O.HI/c1-20-15-9-3-5-13(11-15)8-4-10-18-16(17)19-12-14-6-2-7-14;/h3,5,9,11,14H,2,4,6-8,10,12H2,1H3,(H3,17,18,19);1H. The fraction of sp³-hybridized carbons (Fsp3) is 0.562. The van der Waals surface area contributed by atoms with Crippen molar-refractivity contribution in [1.29, 1.82) is 0 Å². The molecule has 0 spiro atoms. The third-order valence-corrected chi connectivity index (χ3v) is 3.83. The van der Waals surface area contributed by atoms with E-state index in [1.165, 1.54) is 24.8 Å². The number of aliphatic imine (C=N–C) groups is 1. The van der Waals surface area contributed by atoms with Crippen LogP contribution in [-0.4, -0.2) is 26.2 Å². The number of nitrogens with two attached hydrogens (primary N) is 1. The first-order valence-corrected chi connectivity index (χ1v) is 7.44. The highest BCUT2D eigenvalue weighted by atomic mass is 127. The molecule has 0 aliphatic heterocycles. The van der Waals surface area contributed by atoms with E-state index in [1.807, 2.05) is 12.1 Å². The van der Waals surface area contributed by atoms with Crippen molar-refractivity contribution < 1.29 is 4.74 Å². The van der Waals surface area contributed by atoms with Crippen molar-refractivity contribution in [2.24, 2.45) is 16.6 Å². The normalized spacial score (nSPS) is 15.0. The summed E-state index contributed by atoms with van der Waals surface area (Å²) in [6.45, 7) is 1.74. The summed E-state index contributed by atoms with van der Waals surface area (Å²) in [6.07, 6.45) is 6.03. The molecule has 0 heterocycles. The highest BCUT2D eigenvalue weighted by Gasteiger charge is 2.16. The lowest BCUT2D eigenvalue weighted by Crippen LogP contribution is -2.33. The van der Waals surface area contributed by atoms with Crippen molar-refractivity contribution in [3.05, 3.63) is 29.8 Å². The van der Waals surface area contributed by atoms with Crippen molar-refractivity contribution in [2.75, 3.05) is 20.2 Å². The maximum atomic E-state index is 5.84. The summed E-state index contributed by atoms with van der Waals surface area (Å²) < 4.78 is 5.22. The smallest absolute Gasteiger partial charge is 0.188 e. The van der Waals surface area contributed by atoms with E-state index in [0.29, 0.717) is 5.96 Å². The second-order valence-electron chi connectivity index (χ2n) is 5.40. The van der Waals surface area contributed by atoms with E-state index in [0.717, 1.165) is 37.6 Å². The van der Waals surface area contributed by atoms with Crippen LogP contribution in [0.5, 0.6) is 5.75 Å². The molecule has 1 aliphatic rings. The molecule has 1 saturated carbocycles. The highest BCUT2D eigenvalue weighted by molar-refractivity contribution is 14.0. The van der Waals surface area contributed by atoms with Crippen LogP contribution in [-0.2, 0) is 6.42 Å². The zero-order chi connectivity index (χ0) is 14.2. The van der Waals surface area contributed by atoms with Gasteiger partial charge in [0, 0.05) is 13.1 Å². The van der Waals surface area contributed by atoms with Crippen molar-refractivity contribution in [3.63, 3.8) is 0 Å². The third kappa shape index (κ3) is 6.54. The van der Waals surface area contributed by atoms with E-state index in [4.69, 9.17) is 10.5 Å². The number of hydrogen-bond acceptors (Lipinski definition) is 2. The number of halogens is 1. The number of hydrogen-bond donors (Lipinski definition) is 2. The van der Waals surface area contributed by atoms with Crippen molar-refractivity contribution in [3.8, 4) is 5.75 Å². The second-order valence-corrected chi connectivity index (χ2v) is 5.40. The quantitative estimate of drug-likeness (QED) is 0.319. The Morgan fingerprint density at radius 2 is 2.24 bits per heavy atom. The molecule has 118 valence electrons. The molecule has 0 atom stereocenters. The summed E-state index contributed by atoms with van der Waals surface area (Å²) >= 11 is 0. The molecule has 1 aromatic carbocycles. The van der Waals surface area contributed by atoms with Crippen LogP contribution < -0.4 is 15.8 Å². The first-order chi connectivity index (χ1) is 9.78. The summed E-state index contributed by atoms with van der Waals surface area (Å²) in [6, 6.07) is 8.19. The summed E-state index contributed by atoms with van der Waals surface area (Å²) in [7, 11) is 1.69. The van der Waals surface area contributed by atoms with Crippen molar-refractivity contribution >= 4 is 29.9 Å². The lowest BCUT2D eigenvalue weighted by Gasteiger charge is -2.23. The minimum absolute atomic E-state index is 0. The van der Waals surface area contributed by atoms with Gasteiger partial charge >= 0.3 is 0 Å². The number of guanidine groups is 1. The largest absolute Gasteiger partial charge is 0.497 e. The molecule has 3 N–H and O–H groups in total. The number of aryl methyl sites for hydroxylation is 1. The summed E-state index contributed by atoms with van der Waals surface area (Å²) in [5.74, 6) is 2.27. The fourth-order valence-electron chi connectivity index (χ4n) is 2.30. The molecule has 1 fully saturated rings.